The maximum absolute atomic E-state index is 12.6. The number of carbonyl (C=O) groups excluding carboxylic acids is 1. The van der Waals surface area contributed by atoms with Gasteiger partial charge in [0, 0.05) is 44.3 Å². The molecule has 4 aliphatic rings. The molecule has 1 aliphatic carbocycles. The van der Waals surface area contributed by atoms with Crippen molar-refractivity contribution in [3.8, 4) is 0 Å². The fraction of sp³-hybridized carbons (Fsp3) is 0.964. The summed E-state index contributed by atoms with van der Waals surface area (Å²) in [6.07, 6.45) is 17.2. The van der Waals surface area contributed by atoms with Crippen LogP contribution in [0.15, 0.2) is 0 Å². The van der Waals surface area contributed by atoms with E-state index in [1.165, 1.54) is 83.6 Å². The minimum absolute atomic E-state index is 0.137. The Morgan fingerprint density at radius 1 is 0.824 bits per heavy atom. The van der Waals surface area contributed by atoms with E-state index < -0.39 is 5.60 Å². The van der Waals surface area contributed by atoms with Crippen molar-refractivity contribution < 1.29 is 9.53 Å². The summed E-state index contributed by atoms with van der Waals surface area (Å²) in [4.78, 5) is 19.9. The molecule has 6 heteroatoms. The van der Waals surface area contributed by atoms with Gasteiger partial charge in [-0.2, -0.15) is 0 Å². The molecular weight excluding hydrogens is 424 g/mol. The van der Waals surface area contributed by atoms with Gasteiger partial charge < -0.3 is 15.4 Å². The summed E-state index contributed by atoms with van der Waals surface area (Å²) in [6, 6.07) is 1.54. The molecule has 0 radical (unpaired) electrons. The van der Waals surface area contributed by atoms with E-state index >= 15 is 0 Å². The van der Waals surface area contributed by atoms with Crippen molar-refractivity contribution in [2.24, 2.45) is 11.1 Å². The van der Waals surface area contributed by atoms with Crippen molar-refractivity contribution in [2.45, 2.75) is 128 Å². The lowest BCUT2D eigenvalue weighted by Crippen LogP contribution is -2.61. The van der Waals surface area contributed by atoms with Gasteiger partial charge in [0.1, 0.15) is 5.60 Å². The van der Waals surface area contributed by atoms with Crippen molar-refractivity contribution in [1.82, 2.24) is 14.7 Å². The predicted octanol–water partition coefficient (Wildman–Crippen LogP) is 5.00. The second kappa shape index (κ2) is 11.5. The van der Waals surface area contributed by atoms with Crippen molar-refractivity contribution in [3.05, 3.63) is 0 Å². The summed E-state index contributed by atoms with van der Waals surface area (Å²) in [5.74, 6) is 0. The van der Waals surface area contributed by atoms with Crippen LogP contribution in [0.3, 0.4) is 0 Å². The molecule has 2 atom stereocenters. The standard InChI is InChI=1S/C28H52N4O2/c1-27(2,3)34-26(33)32-20-16-28(22-32)14-18-30(19-15-28)25-13-17-31(21-24(25)29)23-11-9-7-5-4-6-8-10-12-23/h23-25H,4-22,29H2,1-3H3. The second-order valence-electron chi connectivity index (χ2n) is 12.9. The maximum atomic E-state index is 12.6. The van der Waals surface area contributed by atoms with Gasteiger partial charge in [-0.15, -0.1) is 0 Å². The van der Waals surface area contributed by atoms with E-state index in [-0.39, 0.29) is 17.6 Å². The highest BCUT2D eigenvalue weighted by Gasteiger charge is 2.45. The molecule has 4 fully saturated rings. The van der Waals surface area contributed by atoms with E-state index in [4.69, 9.17) is 10.5 Å². The lowest BCUT2D eigenvalue weighted by molar-refractivity contribution is 0.0138. The number of nitrogens with zero attached hydrogens (tertiary/aromatic N) is 3. The number of rotatable bonds is 2. The number of ether oxygens (including phenoxy) is 1. The van der Waals surface area contributed by atoms with E-state index in [0.29, 0.717) is 6.04 Å². The topological polar surface area (TPSA) is 62.0 Å². The molecule has 1 amide bonds. The predicted molar refractivity (Wildman–Crippen MR) is 139 cm³/mol. The molecule has 2 N–H and O–H groups in total. The number of piperidine rings is 2. The number of nitrogens with two attached hydrogens (primary N) is 1. The van der Waals surface area contributed by atoms with Crippen molar-refractivity contribution >= 4 is 6.09 Å². The minimum Gasteiger partial charge on any atom is -0.444 e. The third kappa shape index (κ3) is 6.88. The quantitative estimate of drug-likeness (QED) is 0.607. The number of amides is 1. The van der Waals surface area contributed by atoms with E-state index in [0.717, 1.165) is 45.2 Å². The Labute approximate surface area is 208 Å². The average molecular weight is 477 g/mol. The maximum Gasteiger partial charge on any atom is 0.410 e. The SMILES string of the molecule is CC(C)(C)OC(=O)N1CCC2(CCN(C3CCN(C4CCCCCCCCC4)CC3N)CC2)C1. The van der Waals surface area contributed by atoms with Crippen molar-refractivity contribution in [3.63, 3.8) is 0 Å². The summed E-state index contributed by atoms with van der Waals surface area (Å²) in [7, 11) is 0. The first-order valence-corrected chi connectivity index (χ1v) is 14.5. The summed E-state index contributed by atoms with van der Waals surface area (Å²) in [6.45, 7) is 12.1. The van der Waals surface area contributed by atoms with Crippen LogP contribution in [0, 0.1) is 5.41 Å². The Morgan fingerprint density at radius 2 is 1.41 bits per heavy atom. The van der Waals surface area contributed by atoms with Gasteiger partial charge in [0.25, 0.3) is 0 Å². The van der Waals surface area contributed by atoms with Gasteiger partial charge in [-0.3, -0.25) is 9.80 Å². The summed E-state index contributed by atoms with van der Waals surface area (Å²) < 4.78 is 5.63. The fourth-order valence-electron chi connectivity index (χ4n) is 7.09. The minimum atomic E-state index is -0.421. The third-order valence-corrected chi connectivity index (χ3v) is 9.16. The number of likely N-dealkylation sites (tertiary alicyclic amines) is 3. The van der Waals surface area contributed by atoms with Crippen LogP contribution in [-0.4, -0.2) is 83.8 Å². The molecular formula is C28H52N4O2. The molecule has 3 heterocycles. The van der Waals surface area contributed by atoms with Gasteiger partial charge in [0.2, 0.25) is 0 Å². The highest BCUT2D eigenvalue weighted by Crippen LogP contribution is 2.41. The van der Waals surface area contributed by atoms with Crippen LogP contribution in [-0.2, 0) is 4.74 Å². The first-order valence-electron chi connectivity index (χ1n) is 14.5. The van der Waals surface area contributed by atoms with Gasteiger partial charge >= 0.3 is 6.09 Å². The molecule has 4 rings (SSSR count). The molecule has 0 aromatic carbocycles. The molecule has 6 nitrogen and oxygen atoms in total. The van der Waals surface area contributed by atoms with Crippen LogP contribution in [0.25, 0.3) is 0 Å². The van der Waals surface area contributed by atoms with Crippen LogP contribution in [0.4, 0.5) is 4.79 Å². The van der Waals surface area contributed by atoms with Gasteiger partial charge in [0.05, 0.1) is 0 Å². The van der Waals surface area contributed by atoms with Crippen LogP contribution < -0.4 is 5.73 Å². The Kier molecular flexibility index (Phi) is 8.85. The number of hydrogen-bond acceptors (Lipinski definition) is 5. The lowest BCUT2D eigenvalue weighted by Gasteiger charge is -2.48. The van der Waals surface area contributed by atoms with Gasteiger partial charge in [-0.1, -0.05) is 44.9 Å². The smallest absolute Gasteiger partial charge is 0.410 e. The first kappa shape index (κ1) is 26.2. The fourth-order valence-corrected chi connectivity index (χ4v) is 7.09. The van der Waals surface area contributed by atoms with Crippen LogP contribution in [0.2, 0.25) is 0 Å². The highest BCUT2D eigenvalue weighted by atomic mass is 16.6. The zero-order chi connectivity index (χ0) is 24.2. The highest BCUT2D eigenvalue weighted by molar-refractivity contribution is 5.68. The van der Waals surface area contributed by atoms with Crippen molar-refractivity contribution in [2.75, 3.05) is 39.3 Å². The molecule has 0 aromatic heterocycles. The molecule has 3 aliphatic heterocycles. The number of carbonyl (C=O) groups is 1. The summed E-state index contributed by atoms with van der Waals surface area (Å²) >= 11 is 0. The summed E-state index contributed by atoms with van der Waals surface area (Å²) in [5, 5.41) is 0. The Balaban J connectivity index is 1.24. The van der Waals surface area contributed by atoms with Gasteiger partial charge in [0.15, 0.2) is 0 Å². The zero-order valence-corrected chi connectivity index (χ0v) is 22.4. The second-order valence-corrected chi connectivity index (χ2v) is 12.9. The average Bonchev–Trinajstić information content (AvgIpc) is 3.21. The molecule has 3 saturated heterocycles. The van der Waals surface area contributed by atoms with E-state index in [9.17, 15) is 4.79 Å². The molecule has 0 bridgehead atoms. The molecule has 2 unspecified atom stereocenters. The van der Waals surface area contributed by atoms with Gasteiger partial charge in [-0.25, -0.2) is 4.79 Å². The Bertz CT molecular complexity index is 645. The molecule has 196 valence electrons. The van der Waals surface area contributed by atoms with Crippen molar-refractivity contribution in [1.29, 1.82) is 0 Å². The van der Waals surface area contributed by atoms with Crippen LogP contribution in [0.1, 0.15) is 104 Å². The number of hydrogen-bond donors (Lipinski definition) is 1. The van der Waals surface area contributed by atoms with E-state index in [2.05, 4.69) is 9.80 Å². The van der Waals surface area contributed by atoms with Crippen LogP contribution >= 0.6 is 0 Å². The normalized spacial score (nSPS) is 31.0. The molecule has 0 aromatic rings. The van der Waals surface area contributed by atoms with E-state index in [1.54, 1.807) is 0 Å². The molecule has 1 spiro atoms. The van der Waals surface area contributed by atoms with E-state index in [1.807, 2.05) is 25.7 Å². The lowest BCUT2D eigenvalue weighted by atomic mass is 9.77. The monoisotopic (exact) mass is 476 g/mol. The Hall–Kier alpha value is -0.850. The molecule has 1 saturated carbocycles. The largest absolute Gasteiger partial charge is 0.444 e. The molecule has 34 heavy (non-hydrogen) atoms. The summed E-state index contributed by atoms with van der Waals surface area (Å²) in [5.41, 5.74) is 6.71. The van der Waals surface area contributed by atoms with Gasteiger partial charge in [-0.05, 0) is 77.8 Å². The third-order valence-electron chi connectivity index (χ3n) is 9.16. The Morgan fingerprint density at radius 3 is 2.00 bits per heavy atom. The zero-order valence-electron chi connectivity index (χ0n) is 22.4. The first-order chi connectivity index (χ1) is 16.2. The van der Waals surface area contributed by atoms with Crippen LogP contribution in [0.5, 0.6) is 0 Å².